The van der Waals surface area contributed by atoms with E-state index in [2.05, 4.69) is 6.07 Å². The van der Waals surface area contributed by atoms with Crippen LogP contribution in [0.4, 0.5) is 4.39 Å². The molecule has 0 aliphatic rings. The summed E-state index contributed by atoms with van der Waals surface area (Å²) in [5.74, 6) is 0.372. The van der Waals surface area contributed by atoms with Gasteiger partial charge in [0.2, 0.25) is 0 Å². The molecule has 0 unspecified atom stereocenters. The summed E-state index contributed by atoms with van der Waals surface area (Å²) in [5, 5.41) is 0.531. The van der Waals surface area contributed by atoms with Crippen LogP contribution in [-0.4, -0.2) is 11.8 Å². The van der Waals surface area contributed by atoms with E-state index in [0.29, 0.717) is 23.2 Å². The molecule has 2 aromatic carbocycles. The normalized spacial score (nSPS) is 11.7. The number of rotatable bonds is 5. The zero-order chi connectivity index (χ0) is 15.5. The van der Waals surface area contributed by atoms with Crippen molar-refractivity contribution in [3.63, 3.8) is 0 Å². The van der Waals surface area contributed by atoms with Crippen LogP contribution in [0.1, 0.15) is 16.7 Å². The fourth-order valence-electron chi connectivity index (χ4n) is 2.40. The second kappa shape index (κ2) is 7.00. The second-order valence-corrected chi connectivity index (χ2v) is 6.27. The molecule has 112 valence electrons. The van der Waals surface area contributed by atoms with Crippen molar-refractivity contribution in [2.24, 2.45) is 0 Å². The van der Waals surface area contributed by atoms with E-state index in [0.717, 1.165) is 16.7 Å². The Kier molecular flexibility index (Phi) is 5.54. The Balaban J connectivity index is 2.45. The highest BCUT2D eigenvalue weighted by molar-refractivity contribution is 6.31. The van der Waals surface area contributed by atoms with Gasteiger partial charge in [-0.25, -0.2) is 4.39 Å². The molecule has 0 atom stereocenters. The zero-order valence-electron chi connectivity index (χ0n) is 11.7. The maximum absolute atomic E-state index is 13.5. The summed E-state index contributed by atoms with van der Waals surface area (Å²) in [4.78, 5) is 0. The molecule has 0 radical (unpaired) electrons. The first-order valence-electron chi connectivity index (χ1n) is 6.64. The van der Waals surface area contributed by atoms with Crippen molar-refractivity contribution in [1.29, 1.82) is 0 Å². The third kappa shape index (κ3) is 3.71. The zero-order valence-corrected chi connectivity index (χ0v) is 13.9. The topological polar surface area (TPSA) is 0 Å². The van der Waals surface area contributed by atoms with Crippen molar-refractivity contribution in [2.75, 3.05) is 11.8 Å². The summed E-state index contributed by atoms with van der Waals surface area (Å²) in [6.45, 7) is 2.02. The summed E-state index contributed by atoms with van der Waals surface area (Å²) in [6, 6.07) is 12.4. The number of aryl methyl sites for hydroxylation is 1. The first kappa shape index (κ1) is 16.6. The van der Waals surface area contributed by atoms with E-state index in [4.69, 9.17) is 34.8 Å². The molecule has 0 aliphatic heterocycles. The molecule has 0 aliphatic carbocycles. The largest absolute Gasteiger partial charge is 0.207 e. The van der Waals surface area contributed by atoms with Crippen LogP contribution in [0.5, 0.6) is 0 Å². The maximum atomic E-state index is 13.5. The summed E-state index contributed by atoms with van der Waals surface area (Å²) < 4.78 is 13.5. The van der Waals surface area contributed by atoms with Crippen molar-refractivity contribution in [2.45, 2.75) is 18.8 Å². The molecule has 0 saturated heterocycles. The third-order valence-electron chi connectivity index (χ3n) is 3.68. The predicted octanol–water partition coefficient (Wildman–Crippen LogP) is 5.75. The van der Waals surface area contributed by atoms with Gasteiger partial charge in [-0.05, 0) is 42.7 Å². The lowest BCUT2D eigenvalue weighted by molar-refractivity contribution is 0.532. The van der Waals surface area contributed by atoms with Crippen molar-refractivity contribution in [3.05, 3.63) is 70.0 Å². The average Bonchev–Trinajstić information content (AvgIpc) is 2.48. The van der Waals surface area contributed by atoms with Gasteiger partial charge in [-0.2, -0.15) is 0 Å². The van der Waals surface area contributed by atoms with E-state index < -0.39 is 5.41 Å². The van der Waals surface area contributed by atoms with Crippen LogP contribution in [0.2, 0.25) is 5.02 Å². The fourth-order valence-corrected chi connectivity index (χ4v) is 3.37. The van der Waals surface area contributed by atoms with Gasteiger partial charge >= 0.3 is 0 Å². The predicted molar refractivity (Wildman–Crippen MR) is 89.4 cm³/mol. The Hall–Kier alpha value is -0.760. The van der Waals surface area contributed by atoms with Crippen LogP contribution in [0.15, 0.2) is 42.5 Å². The Morgan fingerprint density at radius 3 is 2.38 bits per heavy atom. The number of benzene rings is 2. The van der Waals surface area contributed by atoms with Gasteiger partial charge in [0.05, 0.1) is 0 Å². The lowest BCUT2D eigenvalue weighted by Crippen LogP contribution is -2.33. The highest BCUT2D eigenvalue weighted by Gasteiger charge is 2.32. The molecule has 2 aromatic rings. The van der Waals surface area contributed by atoms with Gasteiger partial charge < -0.3 is 0 Å². The SMILES string of the molecule is Cc1cccc(C(CCl)(CCl)Cc2cc(F)ccc2Cl)c1. The van der Waals surface area contributed by atoms with E-state index in [1.165, 1.54) is 12.1 Å². The molecule has 0 N–H and O–H groups in total. The fraction of sp³-hybridized carbons (Fsp3) is 0.294. The molecule has 0 heterocycles. The number of halogens is 4. The monoisotopic (exact) mass is 344 g/mol. The van der Waals surface area contributed by atoms with Crippen molar-refractivity contribution in [3.8, 4) is 0 Å². The molecular weight excluding hydrogens is 330 g/mol. The van der Waals surface area contributed by atoms with Crippen LogP contribution < -0.4 is 0 Å². The lowest BCUT2D eigenvalue weighted by atomic mass is 9.78. The average molecular weight is 346 g/mol. The molecule has 0 amide bonds. The van der Waals surface area contributed by atoms with E-state index in [1.54, 1.807) is 6.07 Å². The maximum Gasteiger partial charge on any atom is 0.123 e. The van der Waals surface area contributed by atoms with Crippen LogP contribution >= 0.6 is 34.8 Å². The minimum atomic E-state index is -0.466. The van der Waals surface area contributed by atoms with Gasteiger partial charge in [-0.3, -0.25) is 0 Å². The van der Waals surface area contributed by atoms with Gasteiger partial charge in [-0.1, -0.05) is 41.4 Å². The molecule has 0 bridgehead atoms. The van der Waals surface area contributed by atoms with Crippen LogP contribution in [-0.2, 0) is 11.8 Å². The Bertz CT molecular complexity index is 621. The third-order valence-corrected chi connectivity index (χ3v) is 5.07. The molecule has 0 spiro atoms. The Morgan fingerprint density at radius 2 is 1.76 bits per heavy atom. The second-order valence-electron chi connectivity index (χ2n) is 5.33. The van der Waals surface area contributed by atoms with Crippen LogP contribution in [0.3, 0.4) is 0 Å². The highest BCUT2D eigenvalue weighted by Crippen LogP contribution is 2.34. The minimum absolute atomic E-state index is 0.309. The van der Waals surface area contributed by atoms with Crippen LogP contribution in [0.25, 0.3) is 0 Å². The standard InChI is InChI=1S/C17H16Cl3F/c1-12-3-2-4-14(7-12)17(10-18,11-19)9-13-8-15(21)5-6-16(13)20/h2-8H,9-11H2,1H3. The minimum Gasteiger partial charge on any atom is -0.207 e. The summed E-state index contributed by atoms with van der Waals surface area (Å²) in [7, 11) is 0. The summed E-state index contributed by atoms with van der Waals surface area (Å²) >= 11 is 18.6. The van der Waals surface area contributed by atoms with E-state index in [-0.39, 0.29) is 5.82 Å². The highest BCUT2D eigenvalue weighted by atomic mass is 35.5. The number of hydrogen-bond donors (Lipinski definition) is 0. The first-order chi connectivity index (χ1) is 10.0. The van der Waals surface area contributed by atoms with Crippen molar-refractivity contribution >= 4 is 34.8 Å². The van der Waals surface area contributed by atoms with E-state index in [9.17, 15) is 4.39 Å². The van der Waals surface area contributed by atoms with Gasteiger partial charge in [0.15, 0.2) is 0 Å². The lowest BCUT2D eigenvalue weighted by Gasteiger charge is -2.31. The molecule has 2 rings (SSSR count). The van der Waals surface area contributed by atoms with Crippen LogP contribution in [0, 0.1) is 12.7 Å². The quantitative estimate of drug-likeness (QED) is 0.606. The molecule has 0 saturated carbocycles. The summed E-state index contributed by atoms with van der Waals surface area (Å²) in [6.07, 6.45) is 0.500. The molecule has 0 nitrogen and oxygen atoms in total. The van der Waals surface area contributed by atoms with E-state index in [1.807, 2.05) is 25.1 Å². The van der Waals surface area contributed by atoms with Gasteiger partial charge in [-0.15, -0.1) is 23.2 Å². The van der Waals surface area contributed by atoms with Gasteiger partial charge in [0.1, 0.15) is 5.82 Å². The Labute approximate surface area is 139 Å². The summed E-state index contributed by atoms with van der Waals surface area (Å²) in [5.41, 5.74) is 2.44. The molecule has 0 fully saturated rings. The first-order valence-corrected chi connectivity index (χ1v) is 8.08. The molecule has 4 heteroatoms. The van der Waals surface area contributed by atoms with E-state index >= 15 is 0 Å². The molecular formula is C17H16Cl3F. The van der Waals surface area contributed by atoms with Crippen molar-refractivity contribution < 1.29 is 4.39 Å². The molecule has 21 heavy (non-hydrogen) atoms. The smallest absolute Gasteiger partial charge is 0.123 e. The van der Waals surface area contributed by atoms with Gasteiger partial charge in [0.25, 0.3) is 0 Å². The molecule has 0 aromatic heterocycles. The number of hydrogen-bond acceptors (Lipinski definition) is 0. The Morgan fingerprint density at radius 1 is 1.05 bits per heavy atom. The van der Waals surface area contributed by atoms with Gasteiger partial charge in [0, 0.05) is 22.2 Å². The van der Waals surface area contributed by atoms with Crippen molar-refractivity contribution in [1.82, 2.24) is 0 Å². The number of alkyl halides is 2.